The van der Waals surface area contributed by atoms with Crippen molar-refractivity contribution in [1.82, 2.24) is 0 Å². The van der Waals surface area contributed by atoms with Gasteiger partial charge in [-0.2, -0.15) is 0 Å². The highest BCUT2D eigenvalue weighted by Gasteiger charge is 2.50. The van der Waals surface area contributed by atoms with Crippen molar-refractivity contribution < 1.29 is 33.1 Å². The Morgan fingerprint density at radius 3 is 1.64 bits per heavy atom. The van der Waals surface area contributed by atoms with E-state index in [4.69, 9.17) is 33.1 Å². The van der Waals surface area contributed by atoms with Gasteiger partial charge in [0.05, 0.1) is 43.2 Å². The van der Waals surface area contributed by atoms with Gasteiger partial charge in [-0.1, -0.05) is 75.2 Å². The average Bonchev–Trinajstić information content (AvgIpc) is 2.97. The Balaban J connectivity index is 1.69. The van der Waals surface area contributed by atoms with Gasteiger partial charge in [-0.3, -0.25) is 0 Å². The Hall–Kier alpha value is -0.0451. The standard InChI is InChI=1S/C33H62BO7P/c1-12-16-17-18-35-31-21(7)19(5)29(26(14-3)37-31)39-32-22(8)20(6)30(27(15-4)38-32)40-33-24(10)28(41-34(11)42)23(9)25(13-2)36-33/h12,19-33H,1,13-18,42H2,2-11H3/t19-,20-,21?,22?,23+,24?,25?,26?,27?,28+,29+,30-,31-,32+,33-/m1/s1. The first-order valence-corrected chi connectivity index (χ1v) is 17.6. The van der Waals surface area contributed by atoms with Gasteiger partial charge in [0, 0.05) is 23.7 Å². The van der Waals surface area contributed by atoms with Crippen LogP contribution in [0.3, 0.4) is 0 Å². The lowest BCUT2D eigenvalue weighted by atomic mass is 9.81. The van der Waals surface area contributed by atoms with Crippen molar-refractivity contribution in [3.05, 3.63) is 12.7 Å². The van der Waals surface area contributed by atoms with Crippen LogP contribution in [0.5, 0.6) is 0 Å². The zero-order valence-electron chi connectivity index (χ0n) is 28.2. The van der Waals surface area contributed by atoms with Gasteiger partial charge in [0.1, 0.15) is 0 Å². The number of ether oxygens (including phenoxy) is 6. The molecule has 0 radical (unpaired) electrons. The number of allylic oxidation sites excluding steroid dienone is 1. The Labute approximate surface area is 260 Å². The number of rotatable bonds is 14. The quantitative estimate of drug-likeness (QED) is 0.0881. The summed E-state index contributed by atoms with van der Waals surface area (Å²) in [4.78, 5) is 0. The molecule has 0 N–H and O–H groups in total. The van der Waals surface area contributed by atoms with Gasteiger partial charge in [0.25, 0.3) is 0 Å². The summed E-state index contributed by atoms with van der Waals surface area (Å²) in [6.07, 6.45) is 5.49. The monoisotopic (exact) mass is 612 g/mol. The van der Waals surface area contributed by atoms with E-state index in [0.29, 0.717) is 12.5 Å². The molecule has 3 heterocycles. The lowest BCUT2D eigenvalue weighted by Crippen LogP contribution is -2.58. The summed E-state index contributed by atoms with van der Waals surface area (Å²) in [5.74, 6) is 1.27. The van der Waals surface area contributed by atoms with Gasteiger partial charge in [-0.25, -0.2) is 0 Å². The van der Waals surface area contributed by atoms with Crippen LogP contribution < -0.4 is 0 Å². The van der Waals surface area contributed by atoms with Crippen molar-refractivity contribution in [2.24, 2.45) is 35.5 Å². The Kier molecular flexibility index (Phi) is 14.8. The van der Waals surface area contributed by atoms with Crippen LogP contribution in [0, 0.1) is 35.5 Å². The number of unbranched alkanes of at least 4 members (excludes halogenated alkanes) is 1. The van der Waals surface area contributed by atoms with E-state index < -0.39 is 0 Å². The third-order valence-electron chi connectivity index (χ3n) is 10.3. The SMILES string of the molecule is C=CCCCO[C@@H]1OC(CC)[C@@H](O[C@@H]2OC(CC)[C@H](O[C@H]3OC(CC)[C@H](C)[C@H](OB(C)P)C3C)[C@H](C)C2C)[C@H](C)C1C. The second-order valence-corrected chi connectivity index (χ2v) is 14.3. The van der Waals surface area contributed by atoms with Crippen LogP contribution in [0.2, 0.25) is 6.82 Å². The minimum atomic E-state index is -0.338. The van der Waals surface area contributed by atoms with E-state index in [1.807, 2.05) is 6.08 Å². The van der Waals surface area contributed by atoms with Crippen LogP contribution in [-0.2, 0) is 33.1 Å². The summed E-state index contributed by atoms with van der Waals surface area (Å²) in [6, 6.07) is 0. The normalized spacial score (nSPS) is 44.6. The van der Waals surface area contributed by atoms with E-state index in [1.54, 1.807) is 0 Å². The second-order valence-electron chi connectivity index (χ2n) is 13.3. The van der Waals surface area contributed by atoms with Gasteiger partial charge < -0.3 is 33.1 Å². The van der Waals surface area contributed by atoms with Crippen LogP contribution in [0.15, 0.2) is 12.7 Å². The molecule has 0 aromatic carbocycles. The molecule has 16 atom stereocenters. The maximum Gasteiger partial charge on any atom is 0.312 e. The summed E-state index contributed by atoms with van der Waals surface area (Å²) >= 11 is 0. The van der Waals surface area contributed by atoms with E-state index >= 15 is 0 Å². The van der Waals surface area contributed by atoms with E-state index in [0.717, 1.165) is 32.1 Å². The van der Waals surface area contributed by atoms with Gasteiger partial charge in [-0.05, 0) is 43.9 Å². The Morgan fingerprint density at radius 1 is 0.667 bits per heavy atom. The fourth-order valence-electron chi connectivity index (χ4n) is 7.07. The molecule has 0 aromatic rings. The topological polar surface area (TPSA) is 64.6 Å². The highest BCUT2D eigenvalue weighted by Crippen LogP contribution is 2.42. The molecule has 42 heavy (non-hydrogen) atoms. The molecule has 9 heteroatoms. The van der Waals surface area contributed by atoms with Gasteiger partial charge in [-0.15, -0.1) is 15.7 Å². The van der Waals surface area contributed by atoms with Crippen molar-refractivity contribution in [3.8, 4) is 0 Å². The Morgan fingerprint density at radius 2 is 1.14 bits per heavy atom. The minimum absolute atomic E-state index is 0.0405. The van der Waals surface area contributed by atoms with Crippen molar-refractivity contribution in [2.45, 2.75) is 157 Å². The highest BCUT2D eigenvalue weighted by atomic mass is 31.0. The summed E-state index contributed by atoms with van der Waals surface area (Å²) in [5.41, 5.74) is 0. The summed E-state index contributed by atoms with van der Waals surface area (Å²) in [7, 11) is 2.77. The van der Waals surface area contributed by atoms with Crippen molar-refractivity contribution >= 4 is 15.8 Å². The molecule has 0 bridgehead atoms. The van der Waals surface area contributed by atoms with E-state index in [1.165, 1.54) is 0 Å². The minimum Gasteiger partial charge on any atom is -0.428 e. The van der Waals surface area contributed by atoms with Crippen LogP contribution in [0.4, 0.5) is 0 Å². The van der Waals surface area contributed by atoms with Gasteiger partial charge in [0.15, 0.2) is 18.9 Å². The predicted octanol–water partition coefficient (Wildman–Crippen LogP) is 7.34. The first kappa shape index (κ1) is 36.4. The number of hydrogen-bond donors (Lipinski definition) is 0. The fraction of sp³-hybridized carbons (Fsp3) is 0.939. The molecule has 7 nitrogen and oxygen atoms in total. The largest absolute Gasteiger partial charge is 0.428 e. The smallest absolute Gasteiger partial charge is 0.312 e. The third kappa shape index (κ3) is 8.60. The molecule has 3 aliphatic rings. The number of hydrogen-bond acceptors (Lipinski definition) is 7. The zero-order valence-corrected chi connectivity index (χ0v) is 29.4. The first-order chi connectivity index (χ1) is 20.0. The third-order valence-corrected chi connectivity index (χ3v) is 10.4. The molecule has 3 rings (SSSR count). The first-order valence-electron chi connectivity index (χ1n) is 16.9. The van der Waals surface area contributed by atoms with E-state index in [2.05, 4.69) is 84.8 Å². The molecular weight excluding hydrogens is 550 g/mol. The fourth-order valence-corrected chi connectivity index (χ4v) is 7.25. The van der Waals surface area contributed by atoms with Crippen molar-refractivity contribution in [3.63, 3.8) is 0 Å². The van der Waals surface area contributed by atoms with Crippen molar-refractivity contribution in [2.75, 3.05) is 6.61 Å². The van der Waals surface area contributed by atoms with Crippen LogP contribution in [-0.4, -0.2) is 68.7 Å². The van der Waals surface area contributed by atoms with Gasteiger partial charge in [0.2, 0.25) is 0 Å². The summed E-state index contributed by atoms with van der Waals surface area (Å²) in [6.45, 7) is 26.6. The van der Waals surface area contributed by atoms with E-state index in [-0.39, 0.29) is 91.7 Å². The molecule has 0 saturated carbocycles. The molecule has 244 valence electrons. The molecule has 0 aromatic heterocycles. The van der Waals surface area contributed by atoms with Crippen molar-refractivity contribution in [1.29, 1.82) is 0 Å². The highest BCUT2D eigenvalue weighted by molar-refractivity contribution is 7.60. The molecular formula is C33H62BO7P. The average molecular weight is 613 g/mol. The summed E-state index contributed by atoms with van der Waals surface area (Å²) in [5, 5.41) is 0. The van der Waals surface area contributed by atoms with Gasteiger partial charge >= 0.3 is 6.64 Å². The van der Waals surface area contributed by atoms with E-state index in [9.17, 15) is 0 Å². The molecule has 3 aliphatic heterocycles. The zero-order chi connectivity index (χ0) is 31.1. The van der Waals surface area contributed by atoms with Crippen LogP contribution in [0.1, 0.15) is 94.4 Å². The molecule has 0 aliphatic carbocycles. The predicted molar refractivity (Wildman–Crippen MR) is 173 cm³/mol. The Bertz CT molecular complexity index is 800. The molecule has 7 unspecified atom stereocenters. The molecule has 0 spiro atoms. The second kappa shape index (κ2) is 17.0. The molecule has 3 saturated heterocycles. The van der Waals surface area contributed by atoms with Crippen LogP contribution in [0.25, 0.3) is 0 Å². The summed E-state index contributed by atoms with van der Waals surface area (Å²) < 4.78 is 46.1. The maximum absolute atomic E-state index is 6.87. The van der Waals surface area contributed by atoms with Crippen LogP contribution >= 0.6 is 9.12 Å². The molecule has 0 amide bonds. The lowest BCUT2D eigenvalue weighted by Gasteiger charge is -2.51. The molecule has 3 fully saturated rings. The maximum atomic E-state index is 6.87. The lowest BCUT2D eigenvalue weighted by molar-refractivity contribution is -0.349.